The molecule has 0 aliphatic carbocycles. The van der Waals surface area contributed by atoms with Crippen molar-refractivity contribution in [2.45, 2.75) is 25.7 Å². The monoisotopic (exact) mass is 248 g/mol. The van der Waals surface area contributed by atoms with E-state index < -0.39 is 5.97 Å². The molecule has 1 amide bonds. The predicted octanol–water partition coefficient (Wildman–Crippen LogP) is 1.80. The molecule has 1 saturated heterocycles. The van der Waals surface area contributed by atoms with Gasteiger partial charge in [0.15, 0.2) is 0 Å². The fraction of sp³-hybridized carbons (Fsp3) is 0.462. The molecule has 18 heavy (non-hydrogen) atoms. The molecule has 96 valence electrons. The van der Waals surface area contributed by atoms with Crippen LogP contribution >= 0.6 is 0 Å². The highest BCUT2D eigenvalue weighted by Crippen LogP contribution is 2.13. The normalized spacial score (nSPS) is 16.1. The quantitative estimate of drug-likeness (QED) is 0.866. The van der Waals surface area contributed by atoms with Gasteiger partial charge in [0, 0.05) is 25.5 Å². The van der Waals surface area contributed by atoms with E-state index in [-0.39, 0.29) is 11.5 Å². The molecule has 1 N–H and O–H groups in total. The SMILES string of the molecule is O=C(O)c1cncc(C(=O)N2CCCCCC2)c1. The van der Waals surface area contributed by atoms with Crippen molar-refractivity contribution >= 4 is 11.9 Å². The number of pyridine rings is 1. The summed E-state index contributed by atoms with van der Waals surface area (Å²) in [5, 5.41) is 8.88. The predicted molar refractivity (Wildman–Crippen MR) is 65.6 cm³/mol. The van der Waals surface area contributed by atoms with E-state index in [0.717, 1.165) is 38.8 Å². The Balaban J connectivity index is 2.16. The van der Waals surface area contributed by atoms with Gasteiger partial charge in [-0.3, -0.25) is 9.78 Å². The summed E-state index contributed by atoms with van der Waals surface area (Å²) in [6.07, 6.45) is 7.01. The van der Waals surface area contributed by atoms with Gasteiger partial charge in [0.2, 0.25) is 0 Å². The van der Waals surface area contributed by atoms with Crippen molar-refractivity contribution in [3.05, 3.63) is 29.6 Å². The Hall–Kier alpha value is -1.91. The number of hydrogen-bond donors (Lipinski definition) is 1. The number of hydrogen-bond acceptors (Lipinski definition) is 3. The second-order valence-corrected chi connectivity index (χ2v) is 4.47. The molecule has 0 saturated carbocycles. The molecule has 0 radical (unpaired) electrons. The van der Waals surface area contributed by atoms with Crippen LogP contribution in [0.5, 0.6) is 0 Å². The van der Waals surface area contributed by atoms with Gasteiger partial charge in [-0.25, -0.2) is 4.79 Å². The van der Waals surface area contributed by atoms with Gasteiger partial charge in [0.05, 0.1) is 11.1 Å². The third-order valence-electron chi connectivity index (χ3n) is 3.13. The van der Waals surface area contributed by atoms with Crippen molar-refractivity contribution < 1.29 is 14.7 Å². The maximum atomic E-state index is 12.2. The zero-order valence-corrected chi connectivity index (χ0v) is 10.1. The minimum absolute atomic E-state index is 0.0515. The molecular formula is C13H16N2O3. The van der Waals surface area contributed by atoms with Gasteiger partial charge in [-0.1, -0.05) is 12.8 Å². The highest BCUT2D eigenvalue weighted by Gasteiger charge is 2.18. The molecule has 0 spiro atoms. The second-order valence-electron chi connectivity index (χ2n) is 4.47. The number of carbonyl (C=O) groups is 2. The summed E-state index contributed by atoms with van der Waals surface area (Å²) in [5.41, 5.74) is 0.410. The van der Waals surface area contributed by atoms with E-state index in [0.29, 0.717) is 5.56 Å². The molecule has 0 bridgehead atoms. The minimum Gasteiger partial charge on any atom is -0.478 e. The summed E-state index contributed by atoms with van der Waals surface area (Å²) in [6, 6.07) is 1.39. The lowest BCUT2D eigenvalue weighted by molar-refractivity contribution is 0.0696. The van der Waals surface area contributed by atoms with Crippen molar-refractivity contribution in [2.24, 2.45) is 0 Å². The summed E-state index contributed by atoms with van der Waals surface area (Å²) in [5.74, 6) is -1.18. The van der Waals surface area contributed by atoms with Gasteiger partial charge < -0.3 is 10.0 Å². The van der Waals surface area contributed by atoms with Crippen LogP contribution in [0.2, 0.25) is 0 Å². The second kappa shape index (κ2) is 5.62. The molecule has 2 rings (SSSR count). The smallest absolute Gasteiger partial charge is 0.337 e. The Labute approximate surface area is 105 Å². The molecule has 5 heteroatoms. The van der Waals surface area contributed by atoms with Crippen molar-refractivity contribution in [2.75, 3.05) is 13.1 Å². The average molecular weight is 248 g/mol. The number of carboxylic acid groups (broad SMARTS) is 1. The van der Waals surface area contributed by atoms with E-state index in [2.05, 4.69) is 4.98 Å². The van der Waals surface area contributed by atoms with Gasteiger partial charge in [-0.15, -0.1) is 0 Å². The maximum Gasteiger partial charge on any atom is 0.337 e. The lowest BCUT2D eigenvalue weighted by Crippen LogP contribution is -2.32. The number of likely N-dealkylation sites (tertiary alicyclic amines) is 1. The molecule has 0 atom stereocenters. The van der Waals surface area contributed by atoms with E-state index >= 15 is 0 Å². The molecule has 1 aromatic heterocycles. The lowest BCUT2D eigenvalue weighted by Gasteiger charge is -2.20. The first-order chi connectivity index (χ1) is 8.68. The Morgan fingerprint density at radius 3 is 2.28 bits per heavy atom. The first kappa shape index (κ1) is 12.5. The molecule has 0 aromatic carbocycles. The van der Waals surface area contributed by atoms with Crippen LogP contribution in [-0.4, -0.2) is 40.0 Å². The third kappa shape index (κ3) is 2.85. The first-order valence-electron chi connectivity index (χ1n) is 6.16. The molecule has 1 aliphatic rings. The van der Waals surface area contributed by atoms with Gasteiger partial charge in [-0.05, 0) is 18.9 Å². The summed E-state index contributed by atoms with van der Waals surface area (Å²) in [6.45, 7) is 1.49. The van der Waals surface area contributed by atoms with Crippen LogP contribution in [0, 0.1) is 0 Å². The third-order valence-corrected chi connectivity index (χ3v) is 3.13. The van der Waals surface area contributed by atoms with Crippen LogP contribution in [0.25, 0.3) is 0 Å². The van der Waals surface area contributed by atoms with E-state index in [1.54, 1.807) is 4.90 Å². The molecule has 1 fully saturated rings. The molecule has 2 heterocycles. The van der Waals surface area contributed by atoms with Gasteiger partial charge >= 0.3 is 5.97 Å². The summed E-state index contributed by atoms with van der Waals surface area (Å²) >= 11 is 0. The standard InChI is InChI=1S/C13H16N2O3/c16-12(15-5-3-1-2-4-6-15)10-7-11(13(17)18)9-14-8-10/h7-9H,1-6H2,(H,17,18). The zero-order valence-electron chi connectivity index (χ0n) is 10.1. The van der Waals surface area contributed by atoms with Gasteiger partial charge in [-0.2, -0.15) is 0 Å². The molecule has 0 unspecified atom stereocenters. The Morgan fingerprint density at radius 2 is 1.67 bits per heavy atom. The Bertz CT molecular complexity index is 451. The van der Waals surface area contributed by atoms with E-state index in [9.17, 15) is 9.59 Å². The van der Waals surface area contributed by atoms with E-state index in [1.165, 1.54) is 18.5 Å². The van der Waals surface area contributed by atoms with Crippen LogP contribution in [0.3, 0.4) is 0 Å². The molecule has 1 aromatic rings. The van der Waals surface area contributed by atoms with Gasteiger partial charge in [0.25, 0.3) is 5.91 Å². The number of carboxylic acids is 1. The highest BCUT2D eigenvalue weighted by atomic mass is 16.4. The average Bonchev–Trinajstić information content (AvgIpc) is 2.67. The Morgan fingerprint density at radius 1 is 1.06 bits per heavy atom. The number of carbonyl (C=O) groups excluding carboxylic acids is 1. The number of aromatic carboxylic acids is 1. The van der Waals surface area contributed by atoms with Gasteiger partial charge in [0.1, 0.15) is 0 Å². The van der Waals surface area contributed by atoms with E-state index in [1.807, 2.05) is 0 Å². The van der Waals surface area contributed by atoms with E-state index in [4.69, 9.17) is 5.11 Å². The van der Waals surface area contributed by atoms with Crippen molar-refractivity contribution in [3.63, 3.8) is 0 Å². The maximum absolute atomic E-state index is 12.2. The van der Waals surface area contributed by atoms with Crippen LogP contribution in [0.4, 0.5) is 0 Å². The molecule has 5 nitrogen and oxygen atoms in total. The van der Waals surface area contributed by atoms with Crippen LogP contribution < -0.4 is 0 Å². The lowest BCUT2D eigenvalue weighted by atomic mass is 10.2. The topological polar surface area (TPSA) is 70.5 Å². The summed E-state index contributed by atoms with van der Waals surface area (Å²) in [7, 11) is 0. The van der Waals surface area contributed by atoms with Crippen LogP contribution in [-0.2, 0) is 0 Å². The zero-order chi connectivity index (χ0) is 13.0. The number of amides is 1. The van der Waals surface area contributed by atoms with Crippen LogP contribution in [0.15, 0.2) is 18.5 Å². The summed E-state index contributed by atoms with van der Waals surface area (Å²) < 4.78 is 0. The molecular weight excluding hydrogens is 232 g/mol. The van der Waals surface area contributed by atoms with Crippen LogP contribution in [0.1, 0.15) is 46.4 Å². The van der Waals surface area contributed by atoms with Crippen molar-refractivity contribution in [1.82, 2.24) is 9.88 Å². The highest BCUT2D eigenvalue weighted by molar-refractivity contribution is 5.97. The number of rotatable bonds is 2. The Kier molecular flexibility index (Phi) is 3.92. The fourth-order valence-corrected chi connectivity index (χ4v) is 2.13. The minimum atomic E-state index is -1.06. The largest absolute Gasteiger partial charge is 0.478 e. The van der Waals surface area contributed by atoms with Crippen molar-refractivity contribution in [1.29, 1.82) is 0 Å². The fourth-order valence-electron chi connectivity index (χ4n) is 2.13. The number of aromatic nitrogens is 1. The first-order valence-corrected chi connectivity index (χ1v) is 6.16. The van der Waals surface area contributed by atoms with Crippen molar-refractivity contribution in [3.8, 4) is 0 Å². The summed E-state index contributed by atoms with van der Waals surface area (Å²) in [4.78, 5) is 28.7. The molecule has 1 aliphatic heterocycles. The number of nitrogens with zero attached hydrogens (tertiary/aromatic N) is 2.